The average molecular weight is 641 g/mol. The molecular formula is C48H36N2. The molecule has 0 spiro atoms. The molecule has 0 bridgehead atoms. The zero-order chi connectivity index (χ0) is 33.9. The Labute approximate surface area is 294 Å². The van der Waals surface area contributed by atoms with Crippen molar-refractivity contribution in [1.82, 2.24) is 0 Å². The van der Waals surface area contributed by atoms with Gasteiger partial charge < -0.3 is 9.80 Å². The number of anilines is 6. The van der Waals surface area contributed by atoms with Gasteiger partial charge in [-0.3, -0.25) is 0 Å². The largest absolute Gasteiger partial charge is 0.310 e. The predicted molar refractivity (Wildman–Crippen MR) is 216 cm³/mol. The van der Waals surface area contributed by atoms with E-state index in [2.05, 4.69) is 205 Å². The first-order valence-electron chi connectivity index (χ1n) is 16.9. The van der Waals surface area contributed by atoms with Crippen molar-refractivity contribution in [3.05, 3.63) is 206 Å². The maximum Gasteiger partial charge on any atom is 0.0540 e. The smallest absolute Gasteiger partial charge is 0.0540 e. The SMILES string of the molecule is C=Cc1cccc(N(c2ccc(-c3ccc(N(c4cccc(C=C)c4)c4cccc5ccccc45)cc3)cc2)c2cccc3ccccc23)c1. The normalized spacial score (nSPS) is 11.0. The van der Waals surface area contributed by atoms with E-state index < -0.39 is 0 Å². The topological polar surface area (TPSA) is 6.48 Å². The molecule has 8 aromatic rings. The molecule has 0 radical (unpaired) electrons. The molecule has 0 unspecified atom stereocenters. The fraction of sp³-hybridized carbons (Fsp3) is 0. The lowest BCUT2D eigenvalue weighted by molar-refractivity contribution is 1.29. The van der Waals surface area contributed by atoms with Crippen molar-refractivity contribution in [2.24, 2.45) is 0 Å². The number of benzene rings is 8. The summed E-state index contributed by atoms with van der Waals surface area (Å²) in [5.41, 5.74) is 11.1. The Morgan fingerprint density at radius 1 is 0.340 bits per heavy atom. The quantitative estimate of drug-likeness (QED) is 0.155. The fourth-order valence-corrected chi connectivity index (χ4v) is 6.85. The van der Waals surface area contributed by atoms with Gasteiger partial charge in [0.1, 0.15) is 0 Å². The van der Waals surface area contributed by atoms with Crippen LogP contribution in [0.1, 0.15) is 11.1 Å². The van der Waals surface area contributed by atoms with Gasteiger partial charge in [-0.1, -0.05) is 147 Å². The van der Waals surface area contributed by atoms with E-state index in [1.807, 2.05) is 12.2 Å². The number of nitrogens with zero attached hydrogens (tertiary/aromatic N) is 2. The first-order chi connectivity index (χ1) is 24.7. The van der Waals surface area contributed by atoms with E-state index in [1.54, 1.807) is 0 Å². The first kappa shape index (κ1) is 30.7. The van der Waals surface area contributed by atoms with E-state index >= 15 is 0 Å². The van der Waals surface area contributed by atoms with Crippen LogP contribution in [0, 0.1) is 0 Å². The van der Waals surface area contributed by atoms with Gasteiger partial charge in [0.25, 0.3) is 0 Å². The van der Waals surface area contributed by atoms with Gasteiger partial charge >= 0.3 is 0 Å². The standard InChI is InChI=1S/C48H36N2/c1-3-35-13-9-19-43(33-35)49(47-23-11-17-39-15-5-7-21-45(39)47)41-29-25-37(26-30-41)38-27-31-42(32-28-38)50(44-20-10-14-36(4-2)34-44)48-24-12-18-40-16-6-8-22-46(40)48/h3-34H,1-2H2. The van der Waals surface area contributed by atoms with E-state index in [1.165, 1.54) is 21.5 Å². The highest BCUT2D eigenvalue weighted by molar-refractivity contribution is 6.00. The van der Waals surface area contributed by atoms with Crippen molar-refractivity contribution >= 4 is 67.8 Å². The Morgan fingerprint density at radius 2 is 0.720 bits per heavy atom. The highest BCUT2D eigenvalue weighted by Crippen LogP contribution is 2.42. The number of rotatable bonds is 9. The van der Waals surface area contributed by atoms with Crippen LogP contribution in [0.25, 0.3) is 44.8 Å². The molecule has 0 saturated carbocycles. The summed E-state index contributed by atoms with van der Waals surface area (Å²) < 4.78 is 0. The second-order valence-corrected chi connectivity index (χ2v) is 12.4. The van der Waals surface area contributed by atoms with E-state index in [-0.39, 0.29) is 0 Å². The van der Waals surface area contributed by atoms with Crippen molar-refractivity contribution in [1.29, 1.82) is 0 Å². The third-order valence-corrected chi connectivity index (χ3v) is 9.33. The van der Waals surface area contributed by atoms with E-state index in [0.717, 1.165) is 56.4 Å². The highest BCUT2D eigenvalue weighted by atomic mass is 15.1. The number of fused-ring (bicyclic) bond motifs is 2. The second kappa shape index (κ2) is 13.5. The molecule has 0 aromatic heterocycles. The van der Waals surface area contributed by atoms with Crippen molar-refractivity contribution in [2.45, 2.75) is 0 Å². The van der Waals surface area contributed by atoms with Crippen LogP contribution in [0.15, 0.2) is 195 Å². The van der Waals surface area contributed by atoms with Gasteiger partial charge in [0, 0.05) is 33.5 Å². The molecule has 0 heterocycles. The predicted octanol–water partition coefficient (Wildman–Crippen LogP) is 13.9. The average Bonchev–Trinajstić information content (AvgIpc) is 3.19. The lowest BCUT2D eigenvalue weighted by Gasteiger charge is -2.28. The van der Waals surface area contributed by atoms with Gasteiger partial charge in [-0.05, 0) is 93.7 Å². The summed E-state index contributed by atoms with van der Waals surface area (Å²) in [6.07, 6.45) is 3.80. The molecule has 0 aliphatic rings. The lowest BCUT2D eigenvalue weighted by Crippen LogP contribution is -2.11. The van der Waals surface area contributed by atoms with Crippen molar-refractivity contribution in [3.8, 4) is 11.1 Å². The van der Waals surface area contributed by atoms with Crippen LogP contribution in [0.5, 0.6) is 0 Å². The third-order valence-electron chi connectivity index (χ3n) is 9.33. The Balaban J connectivity index is 1.18. The molecule has 0 amide bonds. The zero-order valence-corrected chi connectivity index (χ0v) is 27.8. The van der Waals surface area contributed by atoms with Crippen LogP contribution < -0.4 is 9.80 Å². The van der Waals surface area contributed by atoms with E-state index in [0.29, 0.717) is 0 Å². The molecule has 0 N–H and O–H groups in total. The van der Waals surface area contributed by atoms with Crippen molar-refractivity contribution < 1.29 is 0 Å². The van der Waals surface area contributed by atoms with Crippen LogP contribution in [0.3, 0.4) is 0 Å². The van der Waals surface area contributed by atoms with Gasteiger partial charge in [0.15, 0.2) is 0 Å². The van der Waals surface area contributed by atoms with Crippen LogP contribution in [-0.2, 0) is 0 Å². The minimum absolute atomic E-state index is 1.08. The minimum atomic E-state index is 1.08. The van der Waals surface area contributed by atoms with Crippen LogP contribution >= 0.6 is 0 Å². The molecule has 0 saturated heterocycles. The summed E-state index contributed by atoms with van der Waals surface area (Å²) in [7, 11) is 0. The zero-order valence-electron chi connectivity index (χ0n) is 27.8. The second-order valence-electron chi connectivity index (χ2n) is 12.4. The molecule has 8 aromatic carbocycles. The Bertz CT molecular complexity index is 2290. The molecule has 0 fully saturated rings. The van der Waals surface area contributed by atoms with E-state index in [9.17, 15) is 0 Å². The molecule has 0 aliphatic carbocycles. The summed E-state index contributed by atoms with van der Waals surface area (Å²) in [6.45, 7) is 8.04. The van der Waals surface area contributed by atoms with Gasteiger partial charge in [-0.15, -0.1) is 0 Å². The molecule has 2 nitrogen and oxygen atoms in total. The lowest BCUT2D eigenvalue weighted by atomic mass is 10.0. The molecule has 50 heavy (non-hydrogen) atoms. The maximum atomic E-state index is 4.02. The summed E-state index contributed by atoms with van der Waals surface area (Å²) >= 11 is 0. The molecular weight excluding hydrogens is 605 g/mol. The summed E-state index contributed by atoms with van der Waals surface area (Å²) in [5, 5.41) is 4.82. The minimum Gasteiger partial charge on any atom is -0.310 e. The monoisotopic (exact) mass is 640 g/mol. The van der Waals surface area contributed by atoms with E-state index in [4.69, 9.17) is 0 Å². The Morgan fingerprint density at radius 3 is 1.14 bits per heavy atom. The van der Waals surface area contributed by atoms with Gasteiger partial charge in [0.05, 0.1) is 11.4 Å². The van der Waals surface area contributed by atoms with Crippen molar-refractivity contribution in [3.63, 3.8) is 0 Å². The Kier molecular flexibility index (Phi) is 8.26. The molecule has 238 valence electrons. The van der Waals surface area contributed by atoms with Gasteiger partial charge in [0.2, 0.25) is 0 Å². The van der Waals surface area contributed by atoms with Gasteiger partial charge in [-0.25, -0.2) is 0 Å². The van der Waals surface area contributed by atoms with Crippen molar-refractivity contribution in [2.75, 3.05) is 9.80 Å². The molecule has 0 aliphatic heterocycles. The maximum absolute atomic E-state index is 4.02. The molecule has 2 heteroatoms. The summed E-state index contributed by atoms with van der Waals surface area (Å²) in [5.74, 6) is 0. The first-order valence-corrected chi connectivity index (χ1v) is 16.9. The number of hydrogen-bond donors (Lipinski definition) is 0. The Hall–Kier alpha value is -6.64. The van der Waals surface area contributed by atoms with Gasteiger partial charge in [-0.2, -0.15) is 0 Å². The summed E-state index contributed by atoms with van der Waals surface area (Å²) in [6, 6.07) is 64.9. The van der Waals surface area contributed by atoms with Crippen LogP contribution in [0.2, 0.25) is 0 Å². The third kappa shape index (κ3) is 5.85. The van der Waals surface area contributed by atoms with Crippen LogP contribution in [0.4, 0.5) is 34.1 Å². The summed E-state index contributed by atoms with van der Waals surface area (Å²) in [4.78, 5) is 4.67. The fourth-order valence-electron chi connectivity index (χ4n) is 6.85. The number of hydrogen-bond acceptors (Lipinski definition) is 2. The highest BCUT2D eigenvalue weighted by Gasteiger charge is 2.18. The molecule has 0 atom stereocenters. The van der Waals surface area contributed by atoms with Crippen LogP contribution in [-0.4, -0.2) is 0 Å². The molecule has 8 rings (SSSR count).